The number of carbonyl (C=O) groups is 1. The summed E-state index contributed by atoms with van der Waals surface area (Å²) in [5.74, 6) is -0.529. The fourth-order valence-corrected chi connectivity index (χ4v) is 3.77. The Labute approximate surface area is 206 Å². The van der Waals surface area contributed by atoms with Gasteiger partial charge in [0.05, 0.1) is 43.2 Å². The van der Waals surface area contributed by atoms with Gasteiger partial charge in [-0.05, 0) is 17.7 Å². The highest BCUT2D eigenvalue weighted by Crippen LogP contribution is 2.34. The van der Waals surface area contributed by atoms with E-state index in [4.69, 9.17) is 5.26 Å². The lowest BCUT2D eigenvalue weighted by molar-refractivity contribution is -0.169. The monoisotopic (exact) mass is 520 g/mol. The van der Waals surface area contributed by atoms with Crippen LogP contribution in [0.2, 0.25) is 0 Å². The summed E-state index contributed by atoms with van der Waals surface area (Å²) < 4.78 is 79.1. The second-order valence-corrected chi connectivity index (χ2v) is 8.32. The van der Waals surface area contributed by atoms with Gasteiger partial charge >= 0.3 is 12.4 Å². The van der Waals surface area contributed by atoms with Crippen molar-refractivity contribution < 1.29 is 31.1 Å². The summed E-state index contributed by atoms with van der Waals surface area (Å²) in [5, 5.41) is 16.8. The minimum Gasteiger partial charge on any atom is -0.299 e. The van der Waals surface area contributed by atoms with Crippen molar-refractivity contribution in [2.24, 2.45) is 0 Å². The van der Waals surface area contributed by atoms with Gasteiger partial charge in [-0.1, -0.05) is 18.2 Å². The molecule has 192 valence electrons. The third-order valence-corrected chi connectivity index (χ3v) is 5.59. The number of hydrogen-bond acceptors (Lipinski definition) is 5. The Hall–Kier alpha value is -4.21. The summed E-state index contributed by atoms with van der Waals surface area (Å²) >= 11 is 0. The van der Waals surface area contributed by atoms with Crippen molar-refractivity contribution in [3.8, 4) is 28.5 Å². The summed E-state index contributed by atoms with van der Waals surface area (Å²) in [6, 6.07) is 7.76. The molecule has 0 saturated carbocycles. The highest BCUT2D eigenvalue weighted by Gasteiger charge is 2.41. The lowest BCUT2D eigenvalue weighted by Gasteiger charge is -2.17. The molecule has 0 saturated heterocycles. The van der Waals surface area contributed by atoms with Crippen LogP contribution in [0.3, 0.4) is 0 Å². The first-order valence-electron chi connectivity index (χ1n) is 10.9. The van der Waals surface area contributed by atoms with Gasteiger partial charge in [0.2, 0.25) is 0 Å². The number of hydrogen-bond donors (Lipinski definition) is 0. The first kappa shape index (κ1) is 25.9. The molecule has 0 N–H and O–H groups in total. The Morgan fingerprint density at radius 3 is 2.46 bits per heavy atom. The van der Waals surface area contributed by atoms with E-state index >= 15 is 0 Å². The number of ketones is 1. The molecule has 13 heteroatoms. The average molecular weight is 520 g/mol. The Kier molecular flexibility index (Phi) is 7.02. The molecule has 7 nitrogen and oxygen atoms in total. The number of Topliss-reactive ketones (excluding diaryl/α,β-unsaturated/α-hetero) is 1. The smallest absolute Gasteiger partial charge is 0.299 e. The van der Waals surface area contributed by atoms with Gasteiger partial charge in [-0.3, -0.25) is 9.48 Å². The maximum absolute atomic E-state index is 13.3. The molecular weight excluding hydrogens is 502 g/mol. The molecule has 0 aliphatic heterocycles. The number of nitriles is 1. The van der Waals surface area contributed by atoms with Crippen LogP contribution in [0, 0.1) is 11.3 Å². The Bertz CT molecular complexity index is 1460. The van der Waals surface area contributed by atoms with E-state index in [1.165, 1.54) is 35.4 Å². The SMILES string of the molecule is N#CCC(n1cc(-c2cnn3c(-c4cccc(CC(=O)CCC(F)(F)F)c4)cnc3c2)cn1)C(F)(F)F. The van der Waals surface area contributed by atoms with Gasteiger partial charge < -0.3 is 0 Å². The van der Waals surface area contributed by atoms with Gasteiger partial charge in [0, 0.05) is 35.7 Å². The van der Waals surface area contributed by atoms with E-state index in [-0.39, 0.29) is 6.42 Å². The molecule has 0 amide bonds. The average Bonchev–Trinajstić information content (AvgIpc) is 3.47. The predicted molar refractivity (Wildman–Crippen MR) is 119 cm³/mol. The number of rotatable bonds is 8. The molecule has 1 unspecified atom stereocenters. The van der Waals surface area contributed by atoms with Crippen LogP contribution in [-0.2, 0) is 11.2 Å². The molecule has 0 aliphatic rings. The molecular formula is C24H18F6N6O. The van der Waals surface area contributed by atoms with Crippen molar-refractivity contribution in [1.29, 1.82) is 5.26 Å². The zero-order valence-electron chi connectivity index (χ0n) is 19.0. The lowest BCUT2D eigenvalue weighted by Crippen LogP contribution is -2.26. The number of halogens is 6. The zero-order valence-corrected chi connectivity index (χ0v) is 19.0. The lowest BCUT2D eigenvalue weighted by atomic mass is 10.0. The zero-order chi connectivity index (χ0) is 26.8. The number of carbonyl (C=O) groups excluding carboxylic acids is 1. The molecule has 37 heavy (non-hydrogen) atoms. The molecule has 3 heterocycles. The van der Waals surface area contributed by atoms with Crippen LogP contribution in [0.1, 0.15) is 30.9 Å². The Morgan fingerprint density at radius 1 is 1.00 bits per heavy atom. The van der Waals surface area contributed by atoms with Crippen molar-refractivity contribution in [3.63, 3.8) is 0 Å². The molecule has 4 aromatic rings. The minimum atomic E-state index is -4.64. The standard InChI is InChI=1S/C24H18F6N6O/c25-23(26,27)6-4-19(37)9-15-2-1-3-16(8-15)20-13-32-22-10-17(11-34-36(20)22)18-12-33-35(14-18)21(5-7-31)24(28,29)30/h1-3,8,10-14,21H,4-6,9H2. The number of aromatic nitrogens is 5. The van der Waals surface area contributed by atoms with Crippen LogP contribution < -0.4 is 0 Å². The molecule has 0 spiro atoms. The van der Waals surface area contributed by atoms with Crippen LogP contribution in [0.15, 0.2) is 55.1 Å². The number of benzene rings is 1. The molecule has 3 aromatic heterocycles. The molecule has 1 atom stereocenters. The van der Waals surface area contributed by atoms with Crippen molar-refractivity contribution in [3.05, 3.63) is 60.7 Å². The number of fused-ring (bicyclic) bond motifs is 1. The molecule has 0 radical (unpaired) electrons. The third-order valence-electron chi connectivity index (χ3n) is 5.59. The highest BCUT2D eigenvalue weighted by atomic mass is 19.4. The van der Waals surface area contributed by atoms with Crippen LogP contribution in [0.25, 0.3) is 28.0 Å². The summed E-state index contributed by atoms with van der Waals surface area (Å²) in [4.78, 5) is 16.3. The van der Waals surface area contributed by atoms with Crippen LogP contribution in [-0.4, -0.2) is 42.5 Å². The van der Waals surface area contributed by atoms with Gasteiger partial charge in [0.25, 0.3) is 0 Å². The predicted octanol–water partition coefficient (Wildman–Crippen LogP) is 5.73. The van der Waals surface area contributed by atoms with E-state index in [0.717, 1.165) is 0 Å². The summed E-state index contributed by atoms with van der Waals surface area (Å²) in [5.41, 5.74) is 2.92. The third kappa shape index (κ3) is 6.14. The van der Waals surface area contributed by atoms with Gasteiger partial charge in [-0.15, -0.1) is 0 Å². The molecule has 0 aliphatic carbocycles. The Balaban J connectivity index is 1.56. The van der Waals surface area contributed by atoms with Gasteiger partial charge in [0.15, 0.2) is 11.7 Å². The van der Waals surface area contributed by atoms with Crippen molar-refractivity contribution in [2.75, 3.05) is 0 Å². The summed E-state index contributed by atoms with van der Waals surface area (Å²) in [6.07, 6.45) is -6.35. The Morgan fingerprint density at radius 2 is 1.76 bits per heavy atom. The first-order valence-corrected chi connectivity index (χ1v) is 10.9. The van der Waals surface area contributed by atoms with Crippen LogP contribution >= 0.6 is 0 Å². The number of imidazole rings is 1. The highest BCUT2D eigenvalue weighted by molar-refractivity contribution is 5.81. The van der Waals surface area contributed by atoms with Crippen molar-refractivity contribution in [2.45, 2.75) is 44.1 Å². The first-order chi connectivity index (χ1) is 17.4. The van der Waals surface area contributed by atoms with Crippen molar-refractivity contribution in [1.82, 2.24) is 24.4 Å². The van der Waals surface area contributed by atoms with Gasteiger partial charge in [-0.25, -0.2) is 9.50 Å². The molecule has 4 rings (SSSR count). The number of alkyl halides is 6. The fourth-order valence-electron chi connectivity index (χ4n) is 3.77. The van der Waals surface area contributed by atoms with Crippen molar-refractivity contribution >= 4 is 11.4 Å². The molecule has 0 bridgehead atoms. The quantitative estimate of drug-likeness (QED) is 0.277. The van der Waals surface area contributed by atoms with Crippen LogP contribution in [0.4, 0.5) is 26.3 Å². The second kappa shape index (κ2) is 10.0. The van der Waals surface area contributed by atoms with E-state index in [9.17, 15) is 31.1 Å². The minimum absolute atomic E-state index is 0.146. The fraction of sp³-hybridized carbons (Fsp3) is 0.292. The maximum atomic E-state index is 13.3. The van der Waals surface area contributed by atoms with E-state index < -0.39 is 43.4 Å². The van der Waals surface area contributed by atoms with E-state index in [1.807, 2.05) is 0 Å². The van der Waals surface area contributed by atoms with E-state index in [1.54, 1.807) is 30.3 Å². The maximum Gasteiger partial charge on any atom is 0.411 e. The van der Waals surface area contributed by atoms with E-state index in [2.05, 4.69) is 15.2 Å². The summed E-state index contributed by atoms with van der Waals surface area (Å²) in [7, 11) is 0. The molecule has 0 fully saturated rings. The molecule has 1 aromatic carbocycles. The topological polar surface area (TPSA) is 88.9 Å². The summed E-state index contributed by atoms with van der Waals surface area (Å²) in [6.45, 7) is 0. The van der Waals surface area contributed by atoms with Gasteiger partial charge in [-0.2, -0.15) is 41.8 Å². The number of nitrogens with zero attached hydrogens (tertiary/aromatic N) is 6. The van der Waals surface area contributed by atoms with Gasteiger partial charge in [0.1, 0.15) is 5.78 Å². The largest absolute Gasteiger partial charge is 0.411 e. The second-order valence-electron chi connectivity index (χ2n) is 8.32. The van der Waals surface area contributed by atoms with E-state index in [0.29, 0.717) is 38.3 Å². The van der Waals surface area contributed by atoms with Crippen LogP contribution in [0.5, 0.6) is 0 Å². The normalized spacial score (nSPS) is 13.0.